The Hall–Kier alpha value is -2.55. The van der Waals surface area contributed by atoms with Gasteiger partial charge in [-0.1, -0.05) is 100 Å². The van der Waals surface area contributed by atoms with Crippen molar-refractivity contribution in [2.75, 3.05) is 6.61 Å². The highest BCUT2D eigenvalue weighted by Gasteiger charge is 2.17. The van der Waals surface area contributed by atoms with Gasteiger partial charge in [0.25, 0.3) is 0 Å². The molecule has 1 rings (SSSR count). The standard InChI is InChI=1S/C26H36O3/c1-5-7-8-9-10-11-14-20-29-24-19-13-12-18-23(24)25(26(27)28)22(4)17-15-16-21(3)6-2/h6,12-13,15-19H,2,5,7-11,14,20H2,1,3-4H3,(H,27,28). The highest BCUT2D eigenvalue weighted by atomic mass is 16.5. The molecule has 0 bridgehead atoms. The molecule has 0 amide bonds. The van der Waals surface area contributed by atoms with Crippen LogP contribution >= 0.6 is 0 Å². The van der Waals surface area contributed by atoms with Gasteiger partial charge in [-0.3, -0.25) is 0 Å². The molecule has 1 aromatic rings. The SMILES string of the molecule is C=CC(C)=CC=CC(C)=C(C(=O)O)c1ccccc1OCCCCCCCCC. The van der Waals surface area contributed by atoms with Gasteiger partial charge in [-0.15, -0.1) is 0 Å². The van der Waals surface area contributed by atoms with Gasteiger partial charge in [0, 0.05) is 5.56 Å². The first kappa shape index (κ1) is 24.5. The van der Waals surface area contributed by atoms with Crippen LogP contribution in [0.3, 0.4) is 0 Å². The molecule has 0 saturated heterocycles. The second-order valence-electron chi connectivity index (χ2n) is 7.30. The van der Waals surface area contributed by atoms with Crippen molar-refractivity contribution in [3.05, 3.63) is 71.9 Å². The number of allylic oxidation sites excluding steroid dienone is 6. The van der Waals surface area contributed by atoms with E-state index in [1.165, 1.54) is 32.1 Å². The summed E-state index contributed by atoms with van der Waals surface area (Å²) in [4.78, 5) is 12.0. The largest absolute Gasteiger partial charge is 0.493 e. The van der Waals surface area contributed by atoms with Crippen molar-refractivity contribution >= 4 is 11.5 Å². The molecule has 0 saturated carbocycles. The van der Waals surface area contributed by atoms with Gasteiger partial charge in [0.2, 0.25) is 0 Å². The van der Waals surface area contributed by atoms with Gasteiger partial charge in [0.1, 0.15) is 5.75 Å². The van der Waals surface area contributed by atoms with E-state index in [-0.39, 0.29) is 5.57 Å². The van der Waals surface area contributed by atoms with Gasteiger partial charge < -0.3 is 9.84 Å². The number of carboxylic acid groups (broad SMARTS) is 1. The monoisotopic (exact) mass is 396 g/mol. The highest BCUT2D eigenvalue weighted by Crippen LogP contribution is 2.29. The minimum atomic E-state index is -0.955. The topological polar surface area (TPSA) is 46.5 Å². The number of para-hydroxylation sites is 1. The lowest BCUT2D eigenvalue weighted by Gasteiger charge is -2.13. The Morgan fingerprint density at radius 3 is 2.38 bits per heavy atom. The van der Waals surface area contributed by atoms with Crippen LogP contribution in [-0.4, -0.2) is 17.7 Å². The number of hydrogen-bond acceptors (Lipinski definition) is 2. The fourth-order valence-corrected chi connectivity index (χ4v) is 3.03. The Balaban J connectivity index is 2.83. The van der Waals surface area contributed by atoms with E-state index in [2.05, 4.69) is 13.5 Å². The van der Waals surface area contributed by atoms with Crippen molar-refractivity contribution in [1.82, 2.24) is 0 Å². The summed E-state index contributed by atoms with van der Waals surface area (Å²) in [5, 5.41) is 9.81. The molecule has 0 aliphatic carbocycles. The van der Waals surface area contributed by atoms with E-state index in [0.29, 0.717) is 23.5 Å². The van der Waals surface area contributed by atoms with Crippen LogP contribution in [0.4, 0.5) is 0 Å². The quantitative estimate of drug-likeness (QED) is 0.203. The summed E-state index contributed by atoms with van der Waals surface area (Å²) >= 11 is 0. The number of rotatable bonds is 14. The number of unbranched alkanes of at least 4 members (excludes halogenated alkanes) is 6. The summed E-state index contributed by atoms with van der Waals surface area (Å²) in [6, 6.07) is 7.38. The maximum absolute atomic E-state index is 12.0. The second-order valence-corrected chi connectivity index (χ2v) is 7.30. The predicted octanol–water partition coefficient (Wildman–Crippen LogP) is 7.36. The average molecular weight is 397 g/mol. The van der Waals surface area contributed by atoms with Crippen LogP contribution in [0.1, 0.15) is 71.3 Å². The molecule has 1 N–H and O–H groups in total. The van der Waals surface area contributed by atoms with Crippen molar-refractivity contribution < 1.29 is 14.6 Å². The number of aliphatic carboxylic acids is 1. The molecular formula is C26H36O3. The zero-order chi connectivity index (χ0) is 21.5. The van der Waals surface area contributed by atoms with Gasteiger partial charge in [0.15, 0.2) is 0 Å². The van der Waals surface area contributed by atoms with E-state index in [1.807, 2.05) is 56.3 Å². The van der Waals surface area contributed by atoms with Crippen LogP contribution in [-0.2, 0) is 4.79 Å². The smallest absolute Gasteiger partial charge is 0.336 e. The molecule has 0 fully saturated rings. The average Bonchev–Trinajstić information content (AvgIpc) is 2.70. The van der Waals surface area contributed by atoms with Gasteiger partial charge in [-0.05, 0) is 31.9 Å². The van der Waals surface area contributed by atoms with Crippen LogP contribution in [0.15, 0.2) is 66.3 Å². The molecule has 3 nitrogen and oxygen atoms in total. The summed E-state index contributed by atoms with van der Waals surface area (Å²) < 4.78 is 5.96. The molecule has 0 aliphatic rings. The van der Waals surface area contributed by atoms with Gasteiger partial charge in [0.05, 0.1) is 12.2 Å². The molecular weight excluding hydrogens is 360 g/mol. The Bertz CT molecular complexity index is 738. The predicted molar refractivity (Wildman–Crippen MR) is 123 cm³/mol. The maximum atomic E-state index is 12.0. The summed E-state index contributed by atoms with van der Waals surface area (Å²) in [6.45, 7) is 10.3. The minimum Gasteiger partial charge on any atom is -0.493 e. The number of ether oxygens (including phenoxy) is 1. The van der Waals surface area contributed by atoms with Crippen LogP contribution in [0.25, 0.3) is 5.57 Å². The van der Waals surface area contributed by atoms with E-state index >= 15 is 0 Å². The maximum Gasteiger partial charge on any atom is 0.336 e. The second kappa shape index (κ2) is 14.4. The molecule has 0 spiro atoms. The summed E-state index contributed by atoms with van der Waals surface area (Å²) in [6.07, 6.45) is 15.8. The van der Waals surface area contributed by atoms with Crippen LogP contribution in [0.2, 0.25) is 0 Å². The number of carbonyl (C=O) groups is 1. The molecule has 0 aromatic heterocycles. The molecule has 0 radical (unpaired) electrons. The van der Waals surface area contributed by atoms with Gasteiger partial charge >= 0.3 is 5.97 Å². The first-order chi connectivity index (χ1) is 14.0. The Morgan fingerprint density at radius 1 is 1.07 bits per heavy atom. The van der Waals surface area contributed by atoms with E-state index in [0.717, 1.165) is 18.4 Å². The van der Waals surface area contributed by atoms with Crippen molar-refractivity contribution in [2.24, 2.45) is 0 Å². The zero-order valence-electron chi connectivity index (χ0n) is 18.2. The third-order valence-corrected chi connectivity index (χ3v) is 4.80. The minimum absolute atomic E-state index is 0.265. The van der Waals surface area contributed by atoms with Crippen molar-refractivity contribution in [3.8, 4) is 5.75 Å². The Morgan fingerprint density at radius 2 is 1.72 bits per heavy atom. The van der Waals surface area contributed by atoms with E-state index < -0.39 is 5.97 Å². The van der Waals surface area contributed by atoms with Crippen LogP contribution < -0.4 is 4.74 Å². The fraction of sp³-hybridized carbons (Fsp3) is 0.423. The van der Waals surface area contributed by atoms with Crippen LogP contribution in [0.5, 0.6) is 5.75 Å². The first-order valence-electron chi connectivity index (χ1n) is 10.6. The summed E-state index contributed by atoms with van der Waals surface area (Å²) in [5.74, 6) is -0.329. The van der Waals surface area contributed by atoms with E-state index in [4.69, 9.17) is 4.74 Å². The molecule has 0 aliphatic heterocycles. The van der Waals surface area contributed by atoms with Crippen molar-refractivity contribution in [3.63, 3.8) is 0 Å². The third-order valence-electron chi connectivity index (χ3n) is 4.80. The highest BCUT2D eigenvalue weighted by molar-refractivity contribution is 6.17. The number of benzene rings is 1. The van der Waals surface area contributed by atoms with E-state index in [9.17, 15) is 9.90 Å². The lowest BCUT2D eigenvalue weighted by atomic mass is 9.99. The summed E-state index contributed by atoms with van der Waals surface area (Å²) in [7, 11) is 0. The normalized spacial score (nSPS) is 12.7. The molecule has 0 unspecified atom stereocenters. The summed E-state index contributed by atoms with van der Waals surface area (Å²) in [5.41, 5.74) is 2.58. The van der Waals surface area contributed by atoms with Crippen molar-refractivity contribution in [2.45, 2.75) is 65.7 Å². The lowest BCUT2D eigenvalue weighted by Crippen LogP contribution is -2.06. The number of carboxylic acids is 1. The van der Waals surface area contributed by atoms with Gasteiger partial charge in [-0.25, -0.2) is 4.79 Å². The first-order valence-corrected chi connectivity index (χ1v) is 10.6. The molecule has 3 heteroatoms. The third kappa shape index (κ3) is 9.47. The lowest BCUT2D eigenvalue weighted by molar-refractivity contribution is -0.130. The fourth-order valence-electron chi connectivity index (χ4n) is 3.03. The molecule has 158 valence electrons. The Labute approximate surface area is 176 Å². The van der Waals surface area contributed by atoms with Crippen LogP contribution in [0, 0.1) is 0 Å². The van der Waals surface area contributed by atoms with Crippen molar-refractivity contribution in [1.29, 1.82) is 0 Å². The van der Waals surface area contributed by atoms with E-state index in [1.54, 1.807) is 6.08 Å². The molecule has 0 heterocycles. The zero-order valence-corrected chi connectivity index (χ0v) is 18.2. The number of hydrogen-bond donors (Lipinski definition) is 1. The molecule has 29 heavy (non-hydrogen) atoms. The molecule has 1 aromatic carbocycles. The Kier molecular flexibility index (Phi) is 12.2. The van der Waals surface area contributed by atoms with Gasteiger partial charge in [-0.2, -0.15) is 0 Å². The molecule has 0 atom stereocenters.